The summed E-state index contributed by atoms with van der Waals surface area (Å²) in [4.78, 5) is 0. The summed E-state index contributed by atoms with van der Waals surface area (Å²) in [6.07, 6.45) is 10.9. The van der Waals surface area contributed by atoms with Crippen LogP contribution in [0.4, 0.5) is 0 Å². The van der Waals surface area contributed by atoms with Crippen LogP contribution in [0.3, 0.4) is 0 Å². The molecule has 0 aliphatic carbocycles. The Morgan fingerprint density at radius 3 is 0.903 bits per heavy atom. The minimum Gasteiger partial charge on any atom is -0.412 e. The van der Waals surface area contributed by atoms with Gasteiger partial charge >= 0.3 is 25.8 Å². The van der Waals surface area contributed by atoms with Gasteiger partial charge in [0.2, 0.25) is 0 Å². The molecule has 0 aliphatic rings. The van der Waals surface area contributed by atoms with E-state index in [1.165, 1.54) is 38.5 Å². The fourth-order valence-electron chi connectivity index (χ4n) is 2.35. The summed E-state index contributed by atoms with van der Waals surface area (Å²) in [5.41, 5.74) is 0. The first kappa shape index (κ1) is 39.4. The summed E-state index contributed by atoms with van der Waals surface area (Å²) in [6, 6.07) is 1.35. The first-order chi connectivity index (χ1) is 14.0. The van der Waals surface area contributed by atoms with Crippen molar-refractivity contribution in [3.8, 4) is 0 Å². The summed E-state index contributed by atoms with van der Waals surface area (Å²) in [7, 11) is 0. The van der Waals surface area contributed by atoms with Gasteiger partial charge in [0.25, 0.3) is 0 Å². The molecular weight excluding hydrogens is 601 g/mol. The molecule has 0 rings (SSSR count). The number of rotatable bonds is 12. The van der Waals surface area contributed by atoms with Gasteiger partial charge in [0.15, 0.2) is 0 Å². The monoisotopic (exact) mass is 643 g/mol. The molecule has 31 heavy (non-hydrogen) atoms. The number of thiocarbonyl (C=S) groups is 3. The van der Waals surface area contributed by atoms with E-state index in [0.717, 1.165) is 19.3 Å². The minimum absolute atomic E-state index is 0. The van der Waals surface area contributed by atoms with Crippen molar-refractivity contribution in [1.82, 2.24) is 16.0 Å². The van der Waals surface area contributed by atoms with E-state index in [4.69, 9.17) is 74.5 Å². The van der Waals surface area contributed by atoms with Crippen LogP contribution in [0.25, 0.3) is 0 Å². The molecule has 0 aromatic carbocycles. The van der Waals surface area contributed by atoms with E-state index in [1.807, 2.05) is 0 Å². The molecule has 0 aromatic heterocycles. The Morgan fingerprint density at radius 1 is 0.581 bits per heavy atom. The van der Waals surface area contributed by atoms with E-state index in [9.17, 15) is 0 Å². The van der Waals surface area contributed by atoms with E-state index in [0.29, 0.717) is 31.1 Å². The third-order valence-corrected chi connectivity index (χ3v) is 4.77. The van der Waals surface area contributed by atoms with E-state index >= 15 is 0 Å². The van der Waals surface area contributed by atoms with E-state index < -0.39 is 0 Å². The summed E-state index contributed by atoms with van der Waals surface area (Å²) >= 11 is 28.4. The molecule has 0 radical (unpaired) electrons. The van der Waals surface area contributed by atoms with Gasteiger partial charge in [-0.05, 0) is 40.0 Å². The molecule has 180 valence electrons. The predicted octanol–water partition coefficient (Wildman–Crippen LogP) is 5.58. The zero-order valence-electron chi connectivity index (χ0n) is 20.1. The number of nitrogens with one attached hydrogen (secondary N) is 3. The molecule has 10 heteroatoms. The van der Waals surface area contributed by atoms with Gasteiger partial charge in [-0.1, -0.05) is 72.3 Å². The third-order valence-electron chi connectivity index (χ3n) is 4.06. The van der Waals surface area contributed by atoms with Gasteiger partial charge in [0, 0.05) is 18.1 Å². The number of hydrogen-bond donors (Lipinski definition) is 3. The average Bonchev–Trinajstić information content (AvgIpc) is 2.62. The molecule has 0 spiro atoms. The Morgan fingerprint density at radius 2 is 0.774 bits per heavy atom. The van der Waals surface area contributed by atoms with Crippen molar-refractivity contribution in [1.29, 1.82) is 0 Å². The van der Waals surface area contributed by atoms with Crippen LogP contribution in [0.1, 0.15) is 99.3 Å². The third kappa shape index (κ3) is 41.9. The normalized spacial score (nSPS) is 12.2. The van der Waals surface area contributed by atoms with Crippen molar-refractivity contribution in [2.45, 2.75) is 117 Å². The summed E-state index contributed by atoms with van der Waals surface area (Å²) in [5.74, 6) is 0. The van der Waals surface area contributed by atoms with E-state index in [1.54, 1.807) is 0 Å². The van der Waals surface area contributed by atoms with Crippen LogP contribution in [0.2, 0.25) is 0 Å². The largest absolute Gasteiger partial charge is 3.00 e. The summed E-state index contributed by atoms with van der Waals surface area (Å²) < 4.78 is 1.47. The van der Waals surface area contributed by atoms with Crippen LogP contribution in [0.5, 0.6) is 0 Å². The Balaban J connectivity index is -0.000000174. The van der Waals surface area contributed by atoms with Gasteiger partial charge in [0.05, 0.1) is 0 Å². The first-order valence-electron chi connectivity index (χ1n) is 10.9. The molecule has 0 aliphatic heterocycles. The molecular formula is C21H42InN3S6. The maximum Gasteiger partial charge on any atom is 3.00 e. The molecule has 0 saturated heterocycles. The molecule has 0 bridgehead atoms. The van der Waals surface area contributed by atoms with Gasteiger partial charge in [-0.3, -0.25) is 0 Å². The maximum absolute atomic E-state index is 4.73. The van der Waals surface area contributed by atoms with Gasteiger partial charge in [-0.25, -0.2) is 0 Å². The van der Waals surface area contributed by atoms with Gasteiger partial charge in [-0.2, -0.15) is 0 Å². The maximum atomic E-state index is 4.73. The van der Waals surface area contributed by atoms with E-state index in [2.05, 4.69) is 57.5 Å². The van der Waals surface area contributed by atoms with E-state index in [-0.39, 0.29) is 25.8 Å². The van der Waals surface area contributed by atoms with Gasteiger partial charge < -0.3 is 90.5 Å². The minimum atomic E-state index is 0. The van der Waals surface area contributed by atoms with Crippen LogP contribution in [-0.2, 0) is 37.9 Å². The van der Waals surface area contributed by atoms with Crippen LogP contribution < -0.4 is 16.0 Å². The fraction of sp³-hybridized carbons (Fsp3) is 0.857. The standard InChI is InChI=1S/3C7H15NS2.In/c3*1-3-4-5-6(2)8-7(9)10;/h3*6H,3-5H2,1-2H3,(H2,8,9,10);/q;;;+3/p-3. The molecule has 0 fully saturated rings. The smallest absolute Gasteiger partial charge is 0.412 e. The molecule has 0 heterocycles. The molecule has 0 aromatic rings. The molecule has 0 amide bonds. The number of unbranched alkanes of at least 4 members (excludes halogenated alkanes) is 3. The molecule has 3 N–H and O–H groups in total. The molecule has 3 unspecified atom stereocenters. The fourth-order valence-corrected chi connectivity index (χ4v) is 3.56. The molecule has 3 nitrogen and oxygen atoms in total. The Hall–Kier alpha value is 1.20. The van der Waals surface area contributed by atoms with Crippen LogP contribution in [0, 0.1) is 0 Å². The van der Waals surface area contributed by atoms with Crippen molar-refractivity contribution in [2.24, 2.45) is 0 Å². The van der Waals surface area contributed by atoms with Gasteiger partial charge in [0.1, 0.15) is 0 Å². The topological polar surface area (TPSA) is 36.1 Å². The first-order valence-corrected chi connectivity index (χ1v) is 13.4. The quantitative estimate of drug-likeness (QED) is 0.187. The summed E-state index contributed by atoms with van der Waals surface area (Å²) in [6.45, 7) is 12.9. The van der Waals surface area contributed by atoms with Crippen LogP contribution in [0.15, 0.2) is 0 Å². The second-order valence-corrected chi connectivity index (χ2v) is 10.6. The predicted molar refractivity (Wildman–Crippen MR) is 162 cm³/mol. The summed E-state index contributed by atoms with van der Waals surface area (Å²) in [5, 5.41) is 9.07. The zero-order valence-corrected chi connectivity index (χ0v) is 28.3. The Labute approximate surface area is 244 Å². The Bertz CT molecular complexity index is 380. The Kier molecular flexibility index (Phi) is 37.2. The van der Waals surface area contributed by atoms with Crippen molar-refractivity contribution in [2.75, 3.05) is 0 Å². The number of hydrogen-bond acceptors (Lipinski definition) is 6. The van der Waals surface area contributed by atoms with Crippen LogP contribution >= 0.6 is 36.7 Å². The van der Waals surface area contributed by atoms with Crippen molar-refractivity contribution in [3.63, 3.8) is 0 Å². The average molecular weight is 644 g/mol. The van der Waals surface area contributed by atoms with Crippen molar-refractivity contribution < 1.29 is 0 Å². The molecule has 3 atom stereocenters. The van der Waals surface area contributed by atoms with Crippen molar-refractivity contribution in [3.05, 3.63) is 0 Å². The second-order valence-electron chi connectivity index (χ2n) is 7.43. The zero-order chi connectivity index (χ0) is 23.9. The van der Waals surface area contributed by atoms with Crippen LogP contribution in [-0.4, -0.2) is 56.9 Å². The van der Waals surface area contributed by atoms with Gasteiger partial charge in [-0.15, -0.1) is 0 Å². The SMILES string of the molecule is CCCCC(C)NC(=S)[S-].CCCCC(C)NC(=S)[S-].CCCCC(C)NC(=S)[S-].[In+3]. The van der Waals surface area contributed by atoms with Crippen molar-refractivity contribution >= 4 is 113 Å². The second kappa shape index (κ2) is 29.2. The molecule has 0 saturated carbocycles.